The van der Waals surface area contributed by atoms with Crippen molar-refractivity contribution in [2.75, 3.05) is 13.2 Å². The molecule has 2 aliphatic heterocycles. The van der Waals surface area contributed by atoms with E-state index in [0.29, 0.717) is 32.1 Å². The lowest BCUT2D eigenvalue weighted by atomic mass is 9.34. The molecule has 2 saturated heterocycles. The largest absolute Gasteiger partial charge is 0.394 e. The number of fused-ring (bicyclic) bond motifs is 5. The second-order valence-corrected chi connectivity index (χ2v) is 20.3. The first-order valence-electron chi connectivity index (χ1n) is 21.0. The normalized spacial score (nSPS) is 52.6. The van der Waals surface area contributed by atoms with Crippen LogP contribution in [0.4, 0.5) is 0 Å². The first-order valence-corrected chi connectivity index (χ1v) is 21.0. The maximum atomic E-state index is 12.4. The van der Waals surface area contributed by atoms with Gasteiger partial charge in [-0.25, -0.2) is 0 Å². The summed E-state index contributed by atoms with van der Waals surface area (Å²) in [6.45, 7) is 15.6. The lowest BCUT2D eigenvalue weighted by Crippen LogP contribution is -2.70. The average Bonchev–Trinajstić information content (AvgIpc) is 3.50. The molecular formula is C42H72O14. The standard InChI is InChI=1S/C42H72O14/c1-20(2)10-9-13-42(8,52)21-11-15-40(6)28(21)22(45)16-26-39(5)14-12-27(38(3,4)35(39)23(46)17-41(26,40)7)55-37-34(32(50)30(48)25(19-44)54-37)56-36-33(51)31(49)29(47)24(18-43)53-36/h10,21-37,43-52H,9,11-19H2,1-8H3/t21-,22+,23-,24+,25+,26+,27-,28-,29+,30+,31-,32-,33+,34+,35-,36-,37-,39+,40+,41+,42-/m0/s1. The van der Waals surface area contributed by atoms with E-state index < -0.39 is 109 Å². The van der Waals surface area contributed by atoms with Crippen LogP contribution < -0.4 is 0 Å². The highest BCUT2D eigenvalue weighted by atomic mass is 16.8. The van der Waals surface area contributed by atoms with E-state index in [1.165, 1.54) is 5.57 Å². The van der Waals surface area contributed by atoms with Crippen molar-refractivity contribution >= 4 is 0 Å². The number of aliphatic hydroxyl groups excluding tert-OH is 9. The fraction of sp³-hybridized carbons (Fsp3) is 0.952. The Kier molecular flexibility index (Phi) is 12.7. The summed E-state index contributed by atoms with van der Waals surface area (Å²) in [6.07, 6.45) is -10.1. The molecule has 0 spiro atoms. The Labute approximate surface area is 331 Å². The van der Waals surface area contributed by atoms with Gasteiger partial charge in [-0.05, 0) is 117 Å². The molecule has 0 radical (unpaired) electrons. The number of ether oxygens (including phenoxy) is 4. The van der Waals surface area contributed by atoms with Gasteiger partial charge >= 0.3 is 0 Å². The van der Waals surface area contributed by atoms with Gasteiger partial charge in [-0.3, -0.25) is 0 Å². The van der Waals surface area contributed by atoms with E-state index >= 15 is 0 Å². The molecule has 0 amide bonds. The van der Waals surface area contributed by atoms with Crippen LogP contribution in [-0.4, -0.2) is 150 Å². The van der Waals surface area contributed by atoms with E-state index in [0.717, 1.165) is 19.3 Å². The molecule has 0 aromatic heterocycles. The molecule has 324 valence electrons. The summed E-state index contributed by atoms with van der Waals surface area (Å²) >= 11 is 0. The quantitative estimate of drug-likeness (QED) is 0.110. The molecule has 10 N–H and O–H groups in total. The van der Waals surface area contributed by atoms with Gasteiger partial charge in [0.25, 0.3) is 0 Å². The Hall–Kier alpha value is -0.820. The molecule has 21 atom stereocenters. The summed E-state index contributed by atoms with van der Waals surface area (Å²) in [7, 11) is 0. The van der Waals surface area contributed by atoms with Crippen LogP contribution in [0.15, 0.2) is 11.6 Å². The smallest absolute Gasteiger partial charge is 0.187 e. The van der Waals surface area contributed by atoms with Gasteiger partial charge in [0.2, 0.25) is 0 Å². The molecular weight excluding hydrogens is 728 g/mol. The zero-order chi connectivity index (χ0) is 41.5. The van der Waals surface area contributed by atoms with Gasteiger partial charge in [0.15, 0.2) is 12.6 Å². The van der Waals surface area contributed by atoms with E-state index in [4.69, 9.17) is 18.9 Å². The van der Waals surface area contributed by atoms with Crippen molar-refractivity contribution < 1.29 is 70.0 Å². The van der Waals surface area contributed by atoms with E-state index in [9.17, 15) is 51.1 Å². The highest BCUT2D eigenvalue weighted by Gasteiger charge is 2.73. The Balaban J connectivity index is 1.25. The van der Waals surface area contributed by atoms with Gasteiger partial charge in [-0.15, -0.1) is 0 Å². The first-order chi connectivity index (χ1) is 26.0. The third-order valence-electron chi connectivity index (χ3n) is 16.5. The Morgan fingerprint density at radius 1 is 0.750 bits per heavy atom. The number of aliphatic hydroxyl groups is 10. The molecule has 0 unspecified atom stereocenters. The van der Waals surface area contributed by atoms with Gasteiger partial charge in [-0.1, -0.05) is 46.3 Å². The molecule has 14 heteroatoms. The van der Waals surface area contributed by atoms with E-state index in [1.807, 2.05) is 20.8 Å². The summed E-state index contributed by atoms with van der Waals surface area (Å²) in [5.41, 5.74) is -1.52. The summed E-state index contributed by atoms with van der Waals surface area (Å²) in [5.74, 6) is -0.422. The lowest BCUT2D eigenvalue weighted by molar-refractivity contribution is -0.380. The topological polar surface area (TPSA) is 239 Å². The van der Waals surface area contributed by atoms with Crippen LogP contribution in [-0.2, 0) is 18.9 Å². The summed E-state index contributed by atoms with van der Waals surface area (Å²) < 4.78 is 24.2. The van der Waals surface area contributed by atoms with Gasteiger partial charge < -0.3 is 70.0 Å². The van der Waals surface area contributed by atoms with Crippen molar-refractivity contribution in [3.05, 3.63) is 11.6 Å². The second kappa shape index (κ2) is 15.9. The fourth-order valence-electron chi connectivity index (χ4n) is 13.5. The summed E-state index contributed by atoms with van der Waals surface area (Å²) in [5, 5.41) is 110. The van der Waals surface area contributed by atoms with Crippen molar-refractivity contribution in [1.29, 1.82) is 0 Å². The Bertz CT molecular complexity index is 1400. The number of rotatable bonds is 10. The maximum Gasteiger partial charge on any atom is 0.187 e. The molecule has 0 bridgehead atoms. The van der Waals surface area contributed by atoms with Crippen LogP contribution >= 0.6 is 0 Å². The molecule has 6 rings (SSSR count). The number of hydrogen-bond acceptors (Lipinski definition) is 14. The Morgan fingerprint density at radius 2 is 1.36 bits per heavy atom. The predicted octanol–water partition coefficient (Wildman–Crippen LogP) is 1.12. The minimum atomic E-state index is -1.79. The minimum absolute atomic E-state index is 0.0539. The van der Waals surface area contributed by atoms with Crippen LogP contribution in [0.5, 0.6) is 0 Å². The third-order valence-corrected chi connectivity index (χ3v) is 16.5. The monoisotopic (exact) mass is 800 g/mol. The molecule has 2 heterocycles. The van der Waals surface area contributed by atoms with Crippen molar-refractivity contribution in [3.8, 4) is 0 Å². The highest BCUT2D eigenvalue weighted by Crippen LogP contribution is 2.76. The molecule has 56 heavy (non-hydrogen) atoms. The number of allylic oxidation sites excluding steroid dienone is 2. The highest BCUT2D eigenvalue weighted by molar-refractivity contribution is 5.22. The average molecular weight is 801 g/mol. The molecule has 0 aromatic rings. The van der Waals surface area contributed by atoms with E-state index in [1.54, 1.807) is 0 Å². The van der Waals surface area contributed by atoms with Crippen LogP contribution in [0.2, 0.25) is 0 Å². The fourth-order valence-corrected chi connectivity index (χ4v) is 13.5. The minimum Gasteiger partial charge on any atom is -0.394 e. The molecule has 0 aromatic carbocycles. The zero-order valence-electron chi connectivity index (χ0n) is 34.6. The van der Waals surface area contributed by atoms with E-state index in [2.05, 4.69) is 40.7 Å². The molecule has 14 nitrogen and oxygen atoms in total. The van der Waals surface area contributed by atoms with Gasteiger partial charge in [0, 0.05) is 0 Å². The molecule has 6 fully saturated rings. The van der Waals surface area contributed by atoms with Crippen LogP contribution in [0.1, 0.15) is 107 Å². The van der Waals surface area contributed by atoms with Gasteiger partial charge in [0.05, 0.1) is 37.1 Å². The molecule has 4 saturated carbocycles. The summed E-state index contributed by atoms with van der Waals surface area (Å²) in [6, 6.07) is 0. The van der Waals surface area contributed by atoms with Gasteiger partial charge in [0.1, 0.15) is 48.8 Å². The van der Waals surface area contributed by atoms with Crippen molar-refractivity contribution in [2.24, 2.45) is 45.3 Å². The maximum absolute atomic E-state index is 12.4. The van der Waals surface area contributed by atoms with Gasteiger partial charge in [-0.2, -0.15) is 0 Å². The third kappa shape index (κ3) is 7.16. The predicted molar refractivity (Wildman–Crippen MR) is 202 cm³/mol. The summed E-state index contributed by atoms with van der Waals surface area (Å²) in [4.78, 5) is 0. The van der Waals surface area contributed by atoms with Crippen LogP contribution in [0, 0.1) is 45.3 Å². The first kappa shape index (κ1) is 44.7. The SMILES string of the molecule is CC(C)=CCC[C@](C)(O)[C@H]1CC[C@]2(C)[C@@H]1[C@H](O)C[C@@H]1[C@@]3(C)CC[C@H](O[C@@H]4O[C@H](CO)[C@@H](O)[C@H](O)[C@H]4O[C@@H]4O[C@H](CO)[C@@H](O)[C@H](O)[C@H]4O)C(C)(C)[C@@H]3[C@@H](O)C[C@]12C. The van der Waals surface area contributed by atoms with Crippen LogP contribution in [0.25, 0.3) is 0 Å². The van der Waals surface area contributed by atoms with E-state index in [-0.39, 0.29) is 34.5 Å². The van der Waals surface area contributed by atoms with Crippen LogP contribution in [0.3, 0.4) is 0 Å². The molecule has 4 aliphatic carbocycles. The van der Waals surface area contributed by atoms with Crippen molar-refractivity contribution in [1.82, 2.24) is 0 Å². The zero-order valence-corrected chi connectivity index (χ0v) is 34.6. The second-order valence-electron chi connectivity index (χ2n) is 20.3. The number of hydrogen-bond donors (Lipinski definition) is 10. The van der Waals surface area contributed by atoms with Crippen molar-refractivity contribution in [3.63, 3.8) is 0 Å². The molecule has 6 aliphatic rings. The lowest BCUT2D eigenvalue weighted by Gasteiger charge is -2.71. The van der Waals surface area contributed by atoms with Crippen molar-refractivity contribution in [2.45, 2.75) is 192 Å². The Morgan fingerprint density at radius 3 is 1.96 bits per heavy atom.